The van der Waals surface area contributed by atoms with Gasteiger partial charge in [-0.25, -0.2) is 0 Å². The second kappa shape index (κ2) is 26.6. The average Bonchev–Trinajstić information content (AvgIpc) is 3.40. The number of fused-ring (bicyclic) bond motifs is 5. The quantitative estimate of drug-likeness (QED) is 0.165. The van der Waals surface area contributed by atoms with Crippen LogP contribution in [0.3, 0.4) is 0 Å². The number of aliphatic hydroxyl groups excluding tert-OH is 1. The maximum absolute atomic E-state index is 12.1. The van der Waals surface area contributed by atoms with Crippen molar-refractivity contribution < 1.29 is 9.90 Å². The number of carbonyl (C=O) groups is 1. The van der Waals surface area contributed by atoms with Crippen molar-refractivity contribution in [2.75, 3.05) is 12.4 Å². The number of carbonyl (C=O) groups excluding carboxylic acids is 1. The van der Waals surface area contributed by atoms with Gasteiger partial charge in [-0.05, 0) is 103 Å². The summed E-state index contributed by atoms with van der Waals surface area (Å²) in [4.78, 5) is 12.1. The van der Waals surface area contributed by atoms with E-state index in [0.29, 0.717) is 33.8 Å². The lowest BCUT2D eigenvalue weighted by Crippen LogP contribution is -2.55. The van der Waals surface area contributed by atoms with Gasteiger partial charge in [0, 0.05) is 12.2 Å². The van der Waals surface area contributed by atoms with E-state index in [0.717, 1.165) is 18.3 Å². The van der Waals surface area contributed by atoms with Gasteiger partial charge in [0.15, 0.2) is 0 Å². The molecule has 0 heterocycles. The Morgan fingerprint density at radius 1 is 0.841 bits per heavy atom. The van der Waals surface area contributed by atoms with Gasteiger partial charge in [-0.2, -0.15) is 0 Å². The predicted molar refractivity (Wildman–Crippen MR) is 205 cm³/mol. The Balaban J connectivity index is -0.000000552. The van der Waals surface area contributed by atoms with Crippen LogP contribution in [-0.4, -0.2) is 23.4 Å². The van der Waals surface area contributed by atoms with E-state index in [4.69, 9.17) is 5.11 Å². The first-order valence-corrected chi connectivity index (χ1v) is 19.9. The standard InChI is InChI=1S/C27H45NO2S.6C2H6.CH4/c1-24-13-5-6-14-27(24,4)22-12-15-25(2)20(8-7-9-23(30)28-31-19-18-29)10-11-21(25)26(22,3)17-16-24;6*1-2;/h12,20-21,29H,5-11,13-19H2,1-4H3,(H,28,30);6*1-2H3;1H4. The van der Waals surface area contributed by atoms with Crippen LogP contribution < -0.4 is 4.72 Å². The van der Waals surface area contributed by atoms with Gasteiger partial charge in [0.2, 0.25) is 5.91 Å². The summed E-state index contributed by atoms with van der Waals surface area (Å²) in [5, 5.41) is 8.86. The van der Waals surface area contributed by atoms with E-state index in [1.807, 2.05) is 88.7 Å². The van der Waals surface area contributed by atoms with Crippen molar-refractivity contribution in [3.05, 3.63) is 11.6 Å². The van der Waals surface area contributed by atoms with Gasteiger partial charge in [-0.3, -0.25) is 4.79 Å². The Kier molecular flexibility index (Phi) is 30.4. The van der Waals surface area contributed by atoms with Crippen LogP contribution in [0.4, 0.5) is 0 Å². The SMILES string of the molecule is C.CC.CC.CC.CC.CC.CC.CC12CCC3(C)CCCCC3(C)C1=CCC1(C)C(CCCC(=O)NSCCO)CCC21. The number of rotatable bonds is 7. The van der Waals surface area contributed by atoms with Crippen molar-refractivity contribution in [2.45, 2.75) is 195 Å². The van der Waals surface area contributed by atoms with Crippen LogP contribution in [0.15, 0.2) is 11.6 Å². The molecule has 268 valence electrons. The highest BCUT2D eigenvalue weighted by atomic mass is 32.2. The van der Waals surface area contributed by atoms with E-state index in [9.17, 15) is 4.79 Å². The molecule has 0 bridgehead atoms. The van der Waals surface area contributed by atoms with E-state index in [1.165, 1.54) is 76.2 Å². The van der Waals surface area contributed by atoms with Crippen LogP contribution >= 0.6 is 11.9 Å². The summed E-state index contributed by atoms with van der Waals surface area (Å²) in [6.07, 6.45) is 17.9. The Morgan fingerprint density at radius 3 is 1.93 bits per heavy atom. The van der Waals surface area contributed by atoms with Crippen LogP contribution in [0.1, 0.15) is 195 Å². The van der Waals surface area contributed by atoms with Gasteiger partial charge in [0.1, 0.15) is 0 Å². The average molecular weight is 644 g/mol. The van der Waals surface area contributed by atoms with Gasteiger partial charge in [0.05, 0.1) is 6.61 Å². The number of hydrogen-bond donors (Lipinski definition) is 2. The van der Waals surface area contributed by atoms with Crippen LogP contribution in [0.2, 0.25) is 0 Å². The predicted octanol–water partition coefficient (Wildman–Crippen LogP) is 13.5. The Bertz CT molecular complexity index is 724. The molecule has 3 saturated carbocycles. The van der Waals surface area contributed by atoms with Crippen LogP contribution in [0.25, 0.3) is 0 Å². The molecule has 0 spiro atoms. The maximum Gasteiger partial charge on any atom is 0.229 e. The minimum atomic E-state index is 0. The molecular formula is C40H85NO2S. The van der Waals surface area contributed by atoms with Gasteiger partial charge >= 0.3 is 0 Å². The lowest BCUT2D eigenvalue weighted by molar-refractivity contribution is -0.119. The zero-order valence-corrected chi connectivity index (χ0v) is 33.2. The summed E-state index contributed by atoms with van der Waals surface area (Å²) in [5.74, 6) is 2.24. The highest BCUT2D eigenvalue weighted by Crippen LogP contribution is 2.73. The van der Waals surface area contributed by atoms with Crippen molar-refractivity contribution in [3.8, 4) is 0 Å². The summed E-state index contributed by atoms with van der Waals surface area (Å²) < 4.78 is 2.86. The molecule has 3 fully saturated rings. The summed E-state index contributed by atoms with van der Waals surface area (Å²) >= 11 is 1.32. The van der Waals surface area contributed by atoms with Gasteiger partial charge < -0.3 is 9.83 Å². The third kappa shape index (κ3) is 11.6. The van der Waals surface area contributed by atoms with E-state index in [1.54, 1.807) is 0 Å². The molecule has 4 aliphatic rings. The molecule has 4 aliphatic carbocycles. The molecule has 0 radical (unpaired) electrons. The van der Waals surface area contributed by atoms with Crippen molar-refractivity contribution in [3.63, 3.8) is 0 Å². The van der Waals surface area contributed by atoms with Gasteiger partial charge in [-0.15, -0.1) is 0 Å². The van der Waals surface area contributed by atoms with Crippen LogP contribution in [-0.2, 0) is 4.79 Å². The highest BCUT2D eigenvalue weighted by molar-refractivity contribution is 7.97. The van der Waals surface area contributed by atoms with Gasteiger partial charge in [-0.1, -0.05) is 143 Å². The second-order valence-corrected chi connectivity index (χ2v) is 13.1. The van der Waals surface area contributed by atoms with E-state index in [2.05, 4.69) is 38.5 Å². The third-order valence-corrected chi connectivity index (χ3v) is 11.5. The molecule has 2 N–H and O–H groups in total. The molecule has 0 aromatic heterocycles. The molecule has 0 aliphatic heterocycles. The first-order chi connectivity index (χ1) is 20.7. The van der Waals surface area contributed by atoms with Crippen molar-refractivity contribution in [2.24, 2.45) is 33.5 Å². The fraction of sp³-hybridized carbons (Fsp3) is 0.925. The number of amides is 1. The normalized spacial score (nSPS) is 31.9. The molecule has 6 unspecified atom stereocenters. The topological polar surface area (TPSA) is 49.3 Å². The van der Waals surface area contributed by atoms with Gasteiger partial charge in [0.25, 0.3) is 0 Å². The van der Waals surface area contributed by atoms with Crippen molar-refractivity contribution >= 4 is 17.9 Å². The zero-order chi connectivity index (χ0) is 34.3. The number of hydrogen-bond acceptors (Lipinski definition) is 3. The third-order valence-electron chi connectivity index (χ3n) is 10.8. The molecule has 1 amide bonds. The fourth-order valence-electron chi connectivity index (χ4n) is 8.75. The molecule has 0 saturated heterocycles. The largest absolute Gasteiger partial charge is 0.395 e. The minimum Gasteiger partial charge on any atom is -0.395 e. The molecule has 4 heteroatoms. The second-order valence-electron chi connectivity index (χ2n) is 12.2. The van der Waals surface area contributed by atoms with Crippen LogP contribution in [0.5, 0.6) is 0 Å². The van der Waals surface area contributed by atoms with Crippen molar-refractivity contribution in [1.29, 1.82) is 0 Å². The molecule has 0 aromatic carbocycles. The monoisotopic (exact) mass is 644 g/mol. The summed E-state index contributed by atoms with van der Waals surface area (Å²) in [7, 11) is 0. The van der Waals surface area contributed by atoms with Crippen molar-refractivity contribution in [1.82, 2.24) is 4.72 Å². The number of nitrogens with one attached hydrogen (secondary N) is 1. The first kappa shape index (κ1) is 50.4. The Labute approximate surface area is 284 Å². The minimum absolute atomic E-state index is 0. The zero-order valence-electron chi connectivity index (χ0n) is 32.4. The first-order valence-electron chi connectivity index (χ1n) is 18.9. The smallest absolute Gasteiger partial charge is 0.229 e. The lowest BCUT2D eigenvalue weighted by atomic mass is 9.39. The molecule has 4 rings (SSSR count). The molecule has 3 nitrogen and oxygen atoms in total. The Morgan fingerprint density at radius 2 is 1.39 bits per heavy atom. The summed E-state index contributed by atoms with van der Waals surface area (Å²) in [6.45, 7) is 34.6. The summed E-state index contributed by atoms with van der Waals surface area (Å²) in [5.41, 5.74) is 3.54. The maximum atomic E-state index is 12.1. The van der Waals surface area contributed by atoms with Crippen LogP contribution in [0, 0.1) is 33.5 Å². The highest BCUT2D eigenvalue weighted by Gasteiger charge is 2.63. The molecule has 6 atom stereocenters. The molecule has 0 aromatic rings. The number of aliphatic hydroxyl groups is 1. The fourth-order valence-corrected chi connectivity index (χ4v) is 9.21. The van der Waals surface area contributed by atoms with E-state index in [-0.39, 0.29) is 19.9 Å². The Hall–Kier alpha value is -0.480. The molecular weight excluding hydrogens is 559 g/mol. The van der Waals surface area contributed by atoms with E-state index >= 15 is 0 Å². The number of allylic oxidation sites excluding steroid dienone is 2. The molecule has 44 heavy (non-hydrogen) atoms. The van der Waals surface area contributed by atoms with E-state index < -0.39 is 0 Å². The lowest BCUT2D eigenvalue weighted by Gasteiger charge is -2.65. The summed E-state index contributed by atoms with van der Waals surface area (Å²) in [6, 6.07) is 0.